The molecule has 0 spiro atoms. The molecule has 1 fully saturated rings. The molecule has 5 rings (SSSR count). The van der Waals surface area contributed by atoms with E-state index in [1.54, 1.807) is 10.8 Å². The highest BCUT2D eigenvalue weighted by Crippen LogP contribution is 2.24. The average molecular weight is 349 g/mol. The van der Waals surface area contributed by atoms with Crippen molar-refractivity contribution in [1.29, 1.82) is 0 Å². The van der Waals surface area contributed by atoms with Crippen LogP contribution in [0.1, 0.15) is 12.8 Å². The van der Waals surface area contributed by atoms with Crippen molar-refractivity contribution in [1.82, 2.24) is 24.5 Å². The van der Waals surface area contributed by atoms with Crippen molar-refractivity contribution < 1.29 is 4.74 Å². The van der Waals surface area contributed by atoms with Crippen molar-refractivity contribution in [2.24, 2.45) is 5.92 Å². The second-order valence-corrected chi connectivity index (χ2v) is 6.80. The highest BCUT2D eigenvalue weighted by molar-refractivity contribution is 5.84. The lowest BCUT2D eigenvalue weighted by Crippen LogP contribution is -2.26. The summed E-state index contributed by atoms with van der Waals surface area (Å²) in [5, 5.41) is 1.12. The van der Waals surface area contributed by atoms with Gasteiger partial charge in [0.05, 0.1) is 11.9 Å². The van der Waals surface area contributed by atoms with Gasteiger partial charge in [-0.25, -0.2) is 14.8 Å². The predicted molar refractivity (Wildman–Crippen MR) is 99.0 cm³/mol. The molecule has 4 heterocycles. The van der Waals surface area contributed by atoms with Crippen LogP contribution in [0.3, 0.4) is 0 Å². The number of nitrogens with one attached hydrogen (secondary N) is 2. The summed E-state index contributed by atoms with van der Waals surface area (Å²) in [6.45, 7) is 2.17. The molecule has 1 saturated heterocycles. The van der Waals surface area contributed by atoms with Crippen LogP contribution in [0, 0.1) is 5.92 Å². The smallest absolute Gasteiger partial charge is 0.328 e. The van der Waals surface area contributed by atoms with Crippen LogP contribution in [0.4, 0.5) is 0 Å². The Balaban J connectivity index is 1.57. The summed E-state index contributed by atoms with van der Waals surface area (Å²) in [5.41, 5.74) is 3.84. The third-order valence-electron chi connectivity index (χ3n) is 5.11. The first kappa shape index (κ1) is 15.3. The van der Waals surface area contributed by atoms with Crippen molar-refractivity contribution in [3.05, 3.63) is 47.1 Å². The Kier molecular flexibility index (Phi) is 3.60. The minimum Gasteiger partial charge on any atom is -0.381 e. The van der Waals surface area contributed by atoms with Crippen LogP contribution in [0.5, 0.6) is 0 Å². The average Bonchev–Trinajstić information content (AvgIpc) is 3.26. The van der Waals surface area contributed by atoms with E-state index in [1.165, 1.54) is 0 Å². The molecule has 7 heteroatoms. The molecule has 0 bridgehead atoms. The molecule has 0 amide bonds. The molecule has 7 nitrogen and oxygen atoms in total. The van der Waals surface area contributed by atoms with E-state index in [0.717, 1.165) is 48.2 Å². The Morgan fingerprint density at radius 1 is 1.23 bits per heavy atom. The Morgan fingerprint density at radius 2 is 2.12 bits per heavy atom. The second kappa shape index (κ2) is 6.10. The molecular formula is C19H19N5O2. The number of aromatic nitrogens is 5. The molecule has 0 unspecified atom stereocenters. The van der Waals surface area contributed by atoms with Gasteiger partial charge in [-0.1, -0.05) is 6.07 Å². The van der Waals surface area contributed by atoms with Gasteiger partial charge in [0, 0.05) is 42.4 Å². The molecule has 1 aromatic carbocycles. The van der Waals surface area contributed by atoms with Gasteiger partial charge in [-0.2, -0.15) is 0 Å². The summed E-state index contributed by atoms with van der Waals surface area (Å²) in [7, 11) is 0. The topological polar surface area (TPSA) is 88.6 Å². The number of hydrogen-bond acceptors (Lipinski definition) is 4. The van der Waals surface area contributed by atoms with E-state index in [1.807, 2.05) is 24.4 Å². The van der Waals surface area contributed by atoms with Gasteiger partial charge < -0.3 is 9.72 Å². The zero-order valence-electron chi connectivity index (χ0n) is 14.2. The lowest BCUT2D eigenvalue weighted by atomic mass is 10.0. The van der Waals surface area contributed by atoms with Gasteiger partial charge >= 0.3 is 5.69 Å². The second-order valence-electron chi connectivity index (χ2n) is 6.80. The lowest BCUT2D eigenvalue weighted by molar-refractivity contribution is 0.0613. The quantitative estimate of drug-likeness (QED) is 0.595. The minimum atomic E-state index is -0.148. The molecule has 3 aromatic heterocycles. The van der Waals surface area contributed by atoms with Gasteiger partial charge in [-0.3, -0.25) is 9.55 Å². The van der Waals surface area contributed by atoms with Crippen LogP contribution in [0.25, 0.3) is 33.5 Å². The largest absolute Gasteiger partial charge is 0.381 e. The van der Waals surface area contributed by atoms with Crippen LogP contribution in [0.2, 0.25) is 0 Å². The van der Waals surface area contributed by atoms with E-state index < -0.39 is 0 Å². The maximum absolute atomic E-state index is 12.4. The van der Waals surface area contributed by atoms with E-state index in [4.69, 9.17) is 9.72 Å². The summed E-state index contributed by atoms with van der Waals surface area (Å²) in [5.74, 6) is 0.433. The van der Waals surface area contributed by atoms with E-state index in [9.17, 15) is 4.79 Å². The Labute approximate surface area is 149 Å². The molecular weight excluding hydrogens is 330 g/mol. The number of hydrogen-bond donors (Lipinski definition) is 2. The Morgan fingerprint density at radius 3 is 3.00 bits per heavy atom. The van der Waals surface area contributed by atoms with Crippen molar-refractivity contribution >= 4 is 22.2 Å². The SMILES string of the molecule is O=c1[nH]c2ncc(-c3ccc4[nH]ccc4c3)nc2n1CC1CCOCC1. The fourth-order valence-electron chi connectivity index (χ4n) is 3.63. The highest BCUT2D eigenvalue weighted by Gasteiger charge is 2.18. The molecule has 0 radical (unpaired) electrons. The van der Waals surface area contributed by atoms with Gasteiger partial charge in [0.25, 0.3) is 0 Å². The highest BCUT2D eigenvalue weighted by atomic mass is 16.5. The predicted octanol–water partition coefficient (Wildman–Crippen LogP) is 2.69. The fraction of sp³-hybridized carbons (Fsp3) is 0.316. The van der Waals surface area contributed by atoms with Crippen LogP contribution in [0.15, 0.2) is 41.5 Å². The molecule has 0 saturated carbocycles. The summed E-state index contributed by atoms with van der Waals surface area (Å²) in [6, 6.07) is 8.16. The number of ether oxygens (including phenoxy) is 1. The molecule has 1 aliphatic heterocycles. The van der Waals surface area contributed by atoms with Crippen LogP contribution < -0.4 is 5.69 Å². The van der Waals surface area contributed by atoms with E-state index in [2.05, 4.69) is 21.0 Å². The van der Waals surface area contributed by atoms with Crippen molar-refractivity contribution in [2.45, 2.75) is 19.4 Å². The van der Waals surface area contributed by atoms with E-state index in [0.29, 0.717) is 23.8 Å². The molecule has 4 aromatic rings. The molecule has 1 aliphatic rings. The summed E-state index contributed by atoms with van der Waals surface area (Å²) >= 11 is 0. The van der Waals surface area contributed by atoms with Crippen LogP contribution in [-0.4, -0.2) is 37.7 Å². The first-order chi connectivity index (χ1) is 12.8. The first-order valence-electron chi connectivity index (χ1n) is 8.89. The third-order valence-corrected chi connectivity index (χ3v) is 5.11. The summed E-state index contributed by atoms with van der Waals surface area (Å²) in [4.78, 5) is 27.6. The molecule has 132 valence electrons. The van der Waals surface area contributed by atoms with Gasteiger partial charge in [0.1, 0.15) is 0 Å². The fourth-order valence-corrected chi connectivity index (χ4v) is 3.63. The van der Waals surface area contributed by atoms with Crippen LogP contribution >= 0.6 is 0 Å². The number of nitrogens with zero attached hydrogens (tertiary/aromatic N) is 3. The first-order valence-corrected chi connectivity index (χ1v) is 8.89. The third kappa shape index (κ3) is 2.61. The Hall–Kier alpha value is -2.93. The van der Waals surface area contributed by atoms with Crippen molar-refractivity contribution in [3.8, 4) is 11.3 Å². The molecule has 2 N–H and O–H groups in total. The van der Waals surface area contributed by atoms with E-state index >= 15 is 0 Å². The summed E-state index contributed by atoms with van der Waals surface area (Å²) < 4.78 is 7.14. The normalized spacial score (nSPS) is 15.8. The number of benzene rings is 1. The van der Waals surface area contributed by atoms with Gasteiger partial charge in [0.15, 0.2) is 11.3 Å². The number of aromatic amines is 2. The van der Waals surface area contributed by atoms with Crippen LogP contribution in [-0.2, 0) is 11.3 Å². The number of fused-ring (bicyclic) bond motifs is 2. The number of imidazole rings is 1. The zero-order valence-corrected chi connectivity index (χ0v) is 14.2. The Bertz CT molecular complexity index is 1130. The summed E-state index contributed by atoms with van der Waals surface area (Å²) in [6.07, 6.45) is 5.57. The van der Waals surface area contributed by atoms with Gasteiger partial charge in [-0.15, -0.1) is 0 Å². The molecule has 0 atom stereocenters. The zero-order chi connectivity index (χ0) is 17.5. The van der Waals surface area contributed by atoms with Gasteiger partial charge in [-0.05, 0) is 37.0 Å². The standard InChI is InChI=1S/C19H19N5O2/c25-19-23-17-18(24(19)11-12-4-7-26-8-5-12)22-16(10-21-17)13-1-2-15-14(9-13)3-6-20-15/h1-3,6,9-10,12,20H,4-5,7-8,11H2,(H,21,23,25). The van der Waals surface area contributed by atoms with Crippen molar-refractivity contribution in [3.63, 3.8) is 0 Å². The molecule has 26 heavy (non-hydrogen) atoms. The number of rotatable bonds is 3. The van der Waals surface area contributed by atoms with Crippen molar-refractivity contribution in [2.75, 3.05) is 13.2 Å². The minimum absolute atomic E-state index is 0.148. The van der Waals surface area contributed by atoms with E-state index in [-0.39, 0.29) is 5.69 Å². The number of H-pyrrole nitrogens is 2. The van der Waals surface area contributed by atoms with Gasteiger partial charge in [0.2, 0.25) is 0 Å². The molecule has 0 aliphatic carbocycles. The maximum atomic E-state index is 12.4. The monoisotopic (exact) mass is 349 g/mol. The lowest BCUT2D eigenvalue weighted by Gasteiger charge is -2.21. The maximum Gasteiger partial charge on any atom is 0.328 e.